The summed E-state index contributed by atoms with van der Waals surface area (Å²) in [5, 5.41) is 59.8. The van der Waals surface area contributed by atoms with Crippen LogP contribution in [0.2, 0.25) is 0 Å². The van der Waals surface area contributed by atoms with E-state index in [1.165, 1.54) is 24.3 Å². The Morgan fingerprint density at radius 2 is 1.62 bits per heavy atom. The molecule has 2 heterocycles. The average Bonchev–Trinajstić information content (AvgIpc) is 2.67. The molecule has 1 saturated heterocycles. The third-order valence-corrected chi connectivity index (χ3v) is 4.95. The van der Waals surface area contributed by atoms with E-state index < -0.39 is 41.3 Å². The van der Waals surface area contributed by atoms with E-state index in [4.69, 9.17) is 9.15 Å². The van der Waals surface area contributed by atoms with Crippen molar-refractivity contribution in [2.45, 2.75) is 24.4 Å². The third-order valence-electron chi connectivity index (χ3n) is 4.95. The van der Waals surface area contributed by atoms with Crippen LogP contribution in [0.4, 0.5) is 0 Å². The molecule has 152 valence electrons. The third kappa shape index (κ3) is 3.19. The van der Waals surface area contributed by atoms with Gasteiger partial charge in [-0.1, -0.05) is 0 Å². The molecule has 0 bridgehead atoms. The molecule has 0 spiro atoms. The highest BCUT2D eigenvalue weighted by molar-refractivity contribution is 5.88. The Morgan fingerprint density at radius 3 is 2.31 bits per heavy atom. The Bertz CT molecular complexity index is 1120. The number of aromatic hydroxyl groups is 3. The van der Waals surface area contributed by atoms with Gasteiger partial charge < -0.3 is 39.8 Å². The second-order valence-electron chi connectivity index (χ2n) is 6.86. The molecule has 0 aliphatic carbocycles. The number of rotatable bonds is 2. The maximum absolute atomic E-state index is 12.7. The van der Waals surface area contributed by atoms with Crippen LogP contribution in [0.3, 0.4) is 0 Å². The molecule has 2 aromatic carbocycles. The van der Waals surface area contributed by atoms with Gasteiger partial charge in [0.25, 0.3) is 0 Å². The summed E-state index contributed by atoms with van der Waals surface area (Å²) in [6, 6.07) is 8.15. The van der Waals surface area contributed by atoms with E-state index in [9.17, 15) is 35.4 Å². The van der Waals surface area contributed by atoms with Gasteiger partial charge in [0.2, 0.25) is 0 Å². The van der Waals surface area contributed by atoms with Crippen LogP contribution in [0, 0.1) is 0 Å². The number of benzene rings is 2. The lowest BCUT2D eigenvalue weighted by Crippen LogP contribution is -2.49. The van der Waals surface area contributed by atoms with Crippen molar-refractivity contribution in [2.24, 2.45) is 0 Å². The molecule has 9 nitrogen and oxygen atoms in total. The molecule has 1 aliphatic rings. The summed E-state index contributed by atoms with van der Waals surface area (Å²) in [4.78, 5) is 12.7. The first-order valence-electron chi connectivity index (χ1n) is 8.76. The molecule has 1 fully saturated rings. The molecule has 1 aromatic heterocycles. The molecule has 1 unspecified atom stereocenters. The Labute approximate surface area is 163 Å². The fourth-order valence-corrected chi connectivity index (χ4v) is 3.41. The van der Waals surface area contributed by atoms with Crippen molar-refractivity contribution in [1.29, 1.82) is 0 Å². The maximum atomic E-state index is 12.7. The van der Waals surface area contributed by atoms with Gasteiger partial charge in [-0.2, -0.15) is 0 Å². The minimum absolute atomic E-state index is 0.0372. The van der Waals surface area contributed by atoms with Crippen LogP contribution < -0.4 is 5.43 Å². The Balaban J connectivity index is 1.86. The lowest BCUT2D eigenvalue weighted by Gasteiger charge is -2.35. The normalized spacial score (nSPS) is 24.7. The molecular formula is C20H18O9. The van der Waals surface area contributed by atoms with Crippen molar-refractivity contribution in [2.75, 3.05) is 6.61 Å². The Kier molecular flexibility index (Phi) is 4.67. The van der Waals surface area contributed by atoms with Gasteiger partial charge >= 0.3 is 0 Å². The summed E-state index contributed by atoms with van der Waals surface area (Å²) in [7, 11) is 0. The van der Waals surface area contributed by atoms with Gasteiger partial charge in [-0.15, -0.1) is 0 Å². The van der Waals surface area contributed by atoms with Crippen LogP contribution in [0.25, 0.3) is 22.3 Å². The van der Waals surface area contributed by atoms with Gasteiger partial charge in [0.1, 0.15) is 58.4 Å². The SMILES string of the molecule is O=c1cc(-c2ccc(O)cc2)oc2cc(O)c([C@@H]3OC[C@H](O)[C@H](O)C3O)c(O)c12. The molecule has 3 aromatic rings. The monoisotopic (exact) mass is 402 g/mol. The van der Waals surface area contributed by atoms with Gasteiger partial charge in [0.15, 0.2) is 5.43 Å². The van der Waals surface area contributed by atoms with E-state index >= 15 is 0 Å². The van der Waals surface area contributed by atoms with Gasteiger partial charge in [-0.05, 0) is 24.3 Å². The van der Waals surface area contributed by atoms with E-state index in [1.54, 1.807) is 0 Å². The first-order chi connectivity index (χ1) is 13.8. The molecule has 4 rings (SSSR count). The van der Waals surface area contributed by atoms with Crippen LogP contribution in [-0.2, 0) is 4.74 Å². The first kappa shape index (κ1) is 19.2. The number of phenolic OH excluding ortho intramolecular Hbond substituents is 3. The zero-order valence-electron chi connectivity index (χ0n) is 14.9. The molecule has 9 heteroatoms. The quantitative estimate of drug-likeness (QED) is 0.363. The standard InChI is InChI=1S/C20H18O9/c21-9-3-1-8(2-4-9)13-5-10(22)15-14(29-13)6-11(23)16(18(15)26)20-19(27)17(25)12(24)7-28-20/h1-6,12,17,19-21,23-27H,7H2/t12-,17-,19?,20-/m0/s1. The van der Waals surface area contributed by atoms with Crippen LogP contribution in [-0.4, -0.2) is 55.6 Å². The fourth-order valence-electron chi connectivity index (χ4n) is 3.41. The lowest BCUT2D eigenvalue weighted by molar-refractivity contribution is -0.189. The highest BCUT2D eigenvalue weighted by Gasteiger charge is 2.41. The number of aliphatic hydroxyl groups is 3. The minimum Gasteiger partial charge on any atom is -0.508 e. The summed E-state index contributed by atoms with van der Waals surface area (Å²) >= 11 is 0. The van der Waals surface area contributed by atoms with Crippen molar-refractivity contribution < 1.29 is 39.8 Å². The summed E-state index contributed by atoms with van der Waals surface area (Å²) in [5.74, 6) is -0.982. The van der Waals surface area contributed by atoms with Crippen LogP contribution in [0.5, 0.6) is 17.2 Å². The van der Waals surface area contributed by atoms with E-state index in [0.717, 1.165) is 12.1 Å². The fraction of sp³-hybridized carbons (Fsp3) is 0.250. The first-order valence-corrected chi connectivity index (χ1v) is 8.76. The van der Waals surface area contributed by atoms with Gasteiger partial charge in [-0.25, -0.2) is 0 Å². The zero-order chi connectivity index (χ0) is 20.9. The zero-order valence-corrected chi connectivity index (χ0v) is 14.9. The largest absolute Gasteiger partial charge is 0.508 e. The van der Waals surface area contributed by atoms with Gasteiger partial charge in [0.05, 0.1) is 12.2 Å². The number of fused-ring (bicyclic) bond motifs is 1. The molecule has 6 N–H and O–H groups in total. The summed E-state index contributed by atoms with van der Waals surface area (Å²) in [5.41, 5.74) is -0.516. The molecular weight excluding hydrogens is 384 g/mol. The van der Waals surface area contributed by atoms with E-state index in [2.05, 4.69) is 0 Å². The lowest BCUT2D eigenvalue weighted by atomic mass is 9.92. The topological polar surface area (TPSA) is 161 Å². The maximum Gasteiger partial charge on any atom is 0.197 e. The predicted molar refractivity (Wildman–Crippen MR) is 99.6 cm³/mol. The molecule has 0 radical (unpaired) electrons. The van der Waals surface area contributed by atoms with Gasteiger partial charge in [0, 0.05) is 17.7 Å². The van der Waals surface area contributed by atoms with Crippen LogP contribution in [0.1, 0.15) is 11.7 Å². The summed E-state index contributed by atoms with van der Waals surface area (Å²) in [6.07, 6.45) is -5.90. The minimum atomic E-state index is -1.64. The van der Waals surface area contributed by atoms with E-state index in [0.29, 0.717) is 5.56 Å². The van der Waals surface area contributed by atoms with Crippen molar-refractivity contribution >= 4 is 11.0 Å². The summed E-state index contributed by atoms with van der Waals surface area (Å²) < 4.78 is 10.9. The predicted octanol–water partition coefficient (Wildman–Crippen LogP) is 0.731. The van der Waals surface area contributed by atoms with Crippen molar-refractivity contribution in [3.8, 4) is 28.6 Å². The van der Waals surface area contributed by atoms with Crippen molar-refractivity contribution in [1.82, 2.24) is 0 Å². The second kappa shape index (κ2) is 7.05. The molecule has 1 aliphatic heterocycles. The average molecular weight is 402 g/mol. The van der Waals surface area contributed by atoms with E-state index in [1.807, 2.05) is 0 Å². The van der Waals surface area contributed by atoms with Crippen LogP contribution >= 0.6 is 0 Å². The van der Waals surface area contributed by atoms with Crippen molar-refractivity contribution in [3.05, 3.63) is 52.2 Å². The Hall–Kier alpha value is -3.11. The smallest absolute Gasteiger partial charge is 0.197 e. The second-order valence-corrected chi connectivity index (χ2v) is 6.86. The Morgan fingerprint density at radius 1 is 0.931 bits per heavy atom. The molecule has 29 heavy (non-hydrogen) atoms. The number of hydrogen-bond donors (Lipinski definition) is 6. The molecule has 0 amide bonds. The molecule has 4 atom stereocenters. The van der Waals surface area contributed by atoms with Crippen LogP contribution in [0.15, 0.2) is 45.6 Å². The highest BCUT2D eigenvalue weighted by atomic mass is 16.5. The van der Waals surface area contributed by atoms with Crippen molar-refractivity contribution in [3.63, 3.8) is 0 Å². The number of hydrogen-bond acceptors (Lipinski definition) is 9. The summed E-state index contributed by atoms with van der Waals surface area (Å²) in [6.45, 7) is -0.339. The number of ether oxygens (including phenoxy) is 1. The molecule has 0 saturated carbocycles. The van der Waals surface area contributed by atoms with E-state index in [-0.39, 0.29) is 34.6 Å². The van der Waals surface area contributed by atoms with Gasteiger partial charge in [-0.3, -0.25) is 4.79 Å². The number of aliphatic hydroxyl groups excluding tert-OH is 3. The highest BCUT2D eigenvalue weighted by Crippen LogP contribution is 2.43. The number of phenols is 3.